The van der Waals surface area contributed by atoms with Crippen LogP contribution in [0.1, 0.15) is 179 Å². The fourth-order valence-corrected chi connectivity index (χ4v) is 6.62. The van der Waals surface area contributed by atoms with E-state index in [1.54, 1.807) is 0 Å². The second-order valence-corrected chi connectivity index (χ2v) is 14.6. The van der Waals surface area contributed by atoms with Crippen LogP contribution in [-0.4, -0.2) is 5.97 Å². The van der Waals surface area contributed by atoms with Gasteiger partial charge < -0.3 is 4.74 Å². The summed E-state index contributed by atoms with van der Waals surface area (Å²) in [6.07, 6.45) is 25.1. The molecule has 2 heteroatoms. The maximum Gasteiger partial charge on any atom is 0.311 e. The van der Waals surface area contributed by atoms with Gasteiger partial charge in [0.05, 0.1) is 0 Å². The molecule has 0 heterocycles. The van der Waals surface area contributed by atoms with Crippen molar-refractivity contribution in [3.8, 4) is 5.75 Å². The standard InChI is InChI=1S/C41H62O2/c1-7-8-9-10-11-12-13-14-15-16-17-18-19-20-21-22-39(42)43-36-26-23-34(24-27-36)31-33(2)35-25-28-37-38(32-35)41(5,6)30-29-40(37,3)4/h23-28,31-32H,7-22,29-30H2,1-6H3. The molecule has 0 amide bonds. The van der Waals surface area contributed by atoms with Crippen LogP contribution >= 0.6 is 0 Å². The van der Waals surface area contributed by atoms with E-state index in [1.807, 2.05) is 24.3 Å². The number of fused-ring (bicyclic) bond motifs is 1. The Balaban J connectivity index is 1.31. The third kappa shape index (κ3) is 11.9. The number of esters is 1. The quantitative estimate of drug-likeness (QED) is 0.0708. The van der Waals surface area contributed by atoms with Gasteiger partial charge in [0.1, 0.15) is 5.75 Å². The molecule has 1 aliphatic rings. The van der Waals surface area contributed by atoms with E-state index >= 15 is 0 Å². The van der Waals surface area contributed by atoms with Gasteiger partial charge in [-0.3, -0.25) is 4.79 Å². The fourth-order valence-electron chi connectivity index (χ4n) is 6.62. The van der Waals surface area contributed by atoms with Gasteiger partial charge in [0.15, 0.2) is 0 Å². The lowest BCUT2D eigenvalue weighted by molar-refractivity contribution is -0.134. The van der Waals surface area contributed by atoms with Crippen molar-refractivity contribution in [2.45, 2.75) is 168 Å². The van der Waals surface area contributed by atoms with Crippen LogP contribution in [0.25, 0.3) is 11.6 Å². The van der Waals surface area contributed by atoms with Crippen molar-refractivity contribution in [3.63, 3.8) is 0 Å². The van der Waals surface area contributed by atoms with Crippen molar-refractivity contribution in [1.82, 2.24) is 0 Å². The first-order valence-corrected chi connectivity index (χ1v) is 17.8. The zero-order valence-corrected chi connectivity index (χ0v) is 28.7. The van der Waals surface area contributed by atoms with Crippen LogP contribution in [0.4, 0.5) is 0 Å². The lowest BCUT2D eigenvalue weighted by Crippen LogP contribution is -2.33. The van der Waals surface area contributed by atoms with E-state index in [0.29, 0.717) is 12.2 Å². The molecule has 0 atom stereocenters. The second kappa shape index (κ2) is 17.8. The SMILES string of the molecule is CCCCCCCCCCCCCCCCCC(=O)Oc1ccc(C=C(C)c2ccc3c(c2)C(C)(C)CCC3(C)C)cc1. The van der Waals surface area contributed by atoms with E-state index < -0.39 is 0 Å². The first-order chi connectivity index (χ1) is 20.6. The van der Waals surface area contributed by atoms with Crippen molar-refractivity contribution >= 4 is 17.6 Å². The van der Waals surface area contributed by atoms with E-state index in [1.165, 1.54) is 119 Å². The summed E-state index contributed by atoms with van der Waals surface area (Å²) < 4.78 is 5.62. The number of ether oxygens (including phenoxy) is 1. The first kappa shape index (κ1) is 35.1. The minimum absolute atomic E-state index is 0.117. The number of hydrogen-bond donors (Lipinski definition) is 0. The van der Waals surface area contributed by atoms with Crippen LogP contribution in [-0.2, 0) is 15.6 Å². The van der Waals surface area contributed by atoms with Gasteiger partial charge in [0, 0.05) is 6.42 Å². The number of carbonyl (C=O) groups is 1. The average molecular weight is 587 g/mol. The topological polar surface area (TPSA) is 26.3 Å². The largest absolute Gasteiger partial charge is 0.427 e. The smallest absolute Gasteiger partial charge is 0.311 e. The Bertz CT molecular complexity index is 1130. The minimum Gasteiger partial charge on any atom is -0.427 e. The Morgan fingerprint density at radius 2 is 1.16 bits per heavy atom. The van der Waals surface area contributed by atoms with Crippen LogP contribution in [0.15, 0.2) is 42.5 Å². The number of benzene rings is 2. The van der Waals surface area contributed by atoms with Crippen LogP contribution in [0.3, 0.4) is 0 Å². The highest BCUT2D eigenvalue weighted by Crippen LogP contribution is 2.46. The molecule has 0 saturated heterocycles. The molecule has 3 rings (SSSR count). The van der Waals surface area contributed by atoms with E-state index in [4.69, 9.17) is 4.74 Å². The predicted octanol–water partition coefficient (Wildman–Crippen LogP) is 12.8. The zero-order valence-electron chi connectivity index (χ0n) is 28.7. The molecule has 2 aromatic rings. The molecule has 0 saturated carbocycles. The second-order valence-electron chi connectivity index (χ2n) is 14.6. The lowest BCUT2D eigenvalue weighted by Gasteiger charge is -2.42. The highest BCUT2D eigenvalue weighted by atomic mass is 16.5. The van der Waals surface area contributed by atoms with Gasteiger partial charge in [-0.25, -0.2) is 0 Å². The summed E-state index contributed by atoms with van der Waals surface area (Å²) in [6, 6.07) is 15.0. The zero-order chi connectivity index (χ0) is 31.1. The third-order valence-electron chi connectivity index (χ3n) is 9.79. The Labute approximate surface area is 265 Å². The van der Waals surface area contributed by atoms with Crippen molar-refractivity contribution < 1.29 is 9.53 Å². The summed E-state index contributed by atoms with van der Waals surface area (Å²) in [5, 5.41) is 0. The van der Waals surface area contributed by atoms with Gasteiger partial charge in [-0.1, -0.05) is 161 Å². The predicted molar refractivity (Wildman–Crippen MR) is 187 cm³/mol. The number of unbranched alkanes of at least 4 members (excludes halogenated alkanes) is 14. The molecule has 2 aromatic carbocycles. The Hall–Kier alpha value is -2.35. The molecule has 0 spiro atoms. The van der Waals surface area contributed by atoms with E-state index in [0.717, 1.165) is 18.4 Å². The normalized spacial score (nSPS) is 15.7. The summed E-state index contributed by atoms with van der Waals surface area (Å²) in [5.41, 5.74) is 7.08. The summed E-state index contributed by atoms with van der Waals surface area (Å²) >= 11 is 0. The molecule has 0 aromatic heterocycles. The summed E-state index contributed by atoms with van der Waals surface area (Å²) in [7, 11) is 0. The van der Waals surface area contributed by atoms with Gasteiger partial charge >= 0.3 is 5.97 Å². The molecule has 43 heavy (non-hydrogen) atoms. The van der Waals surface area contributed by atoms with Crippen molar-refractivity contribution in [2.24, 2.45) is 0 Å². The van der Waals surface area contributed by atoms with E-state index in [-0.39, 0.29) is 16.8 Å². The number of carbonyl (C=O) groups excluding carboxylic acids is 1. The fraction of sp³-hybridized carbons (Fsp3) is 0.634. The van der Waals surface area contributed by atoms with Crippen molar-refractivity contribution in [2.75, 3.05) is 0 Å². The molecule has 0 N–H and O–H groups in total. The molecule has 0 fully saturated rings. The molecule has 0 unspecified atom stereocenters. The minimum atomic E-state index is -0.117. The van der Waals surface area contributed by atoms with Crippen molar-refractivity contribution in [1.29, 1.82) is 0 Å². The maximum atomic E-state index is 12.4. The number of rotatable bonds is 19. The molecular formula is C41H62O2. The summed E-state index contributed by atoms with van der Waals surface area (Å²) in [4.78, 5) is 12.4. The van der Waals surface area contributed by atoms with Crippen molar-refractivity contribution in [3.05, 3.63) is 64.7 Å². The number of hydrogen-bond acceptors (Lipinski definition) is 2. The van der Waals surface area contributed by atoms with E-state index in [2.05, 4.69) is 65.8 Å². The maximum absolute atomic E-state index is 12.4. The summed E-state index contributed by atoms with van der Waals surface area (Å²) in [6.45, 7) is 14.0. The molecule has 0 aliphatic heterocycles. The van der Waals surface area contributed by atoms with Crippen LogP contribution < -0.4 is 4.74 Å². The van der Waals surface area contributed by atoms with Crippen LogP contribution in [0, 0.1) is 0 Å². The van der Waals surface area contributed by atoms with Gasteiger partial charge in [0.25, 0.3) is 0 Å². The average Bonchev–Trinajstić information content (AvgIpc) is 2.98. The molecular weight excluding hydrogens is 524 g/mol. The molecule has 2 nitrogen and oxygen atoms in total. The van der Waals surface area contributed by atoms with Gasteiger partial charge in [-0.15, -0.1) is 0 Å². The van der Waals surface area contributed by atoms with Gasteiger partial charge in [-0.05, 0) is 77.0 Å². The molecule has 0 bridgehead atoms. The van der Waals surface area contributed by atoms with Gasteiger partial charge in [0.2, 0.25) is 0 Å². The van der Waals surface area contributed by atoms with Gasteiger partial charge in [-0.2, -0.15) is 0 Å². The highest BCUT2D eigenvalue weighted by molar-refractivity contribution is 5.81. The monoisotopic (exact) mass is 586 g/mol. The summed E-state index contributed by atoms with van der Waals surface area (Å²) in [5.74, 6) is 0.521. The van der Waals surface area contributed by atoms with Crippen LogP contribution in [0.5, 0.6) is 5.75 Å². The Morgan fingerprint density at radius 1 is 0.674 bits per heavy atom. The first-order valence-electron chi connectivity index (χ1n) is 17.8. The molecule has 238 valence electrons. The lowest BCUT2D eigenvalue weighted by atomic mass is 9.63. The Morgan fingerprint density at radius 3 is 1.70 bits per heavy atom. The third-order valence-corrected chi connectivity index (χ3v) is 9.79. The number of allylic oxidation sites excluding steroid dienone is 1. The molecule has 0 radical (unpaired) electrons. The highest BCUT2D eigenvalue weighted by Gasteiger charge is 2.36. The van der Waals surface area contributed by atoms with Crippen LogP contribution in [0.2, 0.25) is 0 Å². The van der Waals surface area contributed by atoms with E-state index in [9.17, 15) is 4.79 Å². The molecule has 1 aliphatic carbocycles. The Kier molecular flexibility index (Phi) is 14.6.